The van der Waals surface area contributed by atoms with Gasteiger partial charge in [-0.3, -0.25) is 4.79 Å². The topological polar surface area (TPSA) is 57.2 Å². The van der Waals surface area contributed by atoms with Crippen LogP contribution >= 0.6 is 0 Å². The van der Waals surface area contributed by atoms with Crippen molar-refractivity contribution in [3.8, 4) is 0 Å². The molecule has 0 aromatic heterocycles. The van der Waals surface area contributed by atoms with Gasteiger partial charge in [-0.15, -0.1) is 0 Å². The van der Waals surface area contributed by atoms with Crippen LogP contribution in [0.3, 0.4) is 0 Å². The van der Waals surface area contributed by atoms with Gasteiger partial charge >= 0.3 is 5.97 Å². The summed E-state index contributed by atoms with van der Waals surface area (Å²) in [6, 6.07) is 5.21. The number of hydrogen-bond acceptors (Lipinski definition) is 4. The third-order valence-electron chi connectivity index (χ3n) is 4.65. The van der Waals surface area contributed by atoms with E-state index in [1.54, 1.807) is 11.0 Å². The first-order valence-electron chi connectivity index (χ1n) is 9.61. The average Bonchev–Trinajstić information content (AvgIpc) is 2.65. The Balaban J connectivity index is 2.01. The highest BCUT2D eigenvalue weighted by Gasteiger charge is 2.27. The van der Waals surface area contributed by atoms with Crippen molar-refractivity contribution in [3.63, 3.8) is 0 Å². The fraction of sp³-hybridized carbons (Fsp3) is 0.600. The van der Waals surface area contributed by atoms with Crippen LogP contribution in [0.1, 0.15) is 32.3 Å². The number of nitrogens with one attached hydrogen (secondary N) is 1. The monoisotopic (exact) mass is 378 g/mol. The predicted octanol–water partition coefficient (Wildman–Crippen LogP) is 2.63. The van der Waals surface area contributed by atoms with Crippen LogP contribution in [0.4, 0.5) is 10.1 Å². The molecule has 0 spiro atoms. The van der Waals surface area contributed by atoms with Gasteiger partial charge in [-0.05, 0) is 44.4 Å². The van der Waals surface area contributed by atoms with Crippen LogP contribution in [-0.2, 0) is 16.1 Å². The standard InChI is InChI=1S/C20H31FN4O2/c1-5-22-20(25-11-9-16(10-12-25)19(26)27-6-2)23-14-15-7-8-18(24(3)4)17(21)13-15/h7-8,13,16H,5-6,9-12,14H2,1-4H3,(H,22,23). The molecule has 6 nitrogen and oxygen atoms in total. The lowest BCUT2D eigenvalue weighted by Crippen LogP contribution is -2.46. The van der Waals surface area contributed by atoms with Crippen LogP contribution in [0.25, 0.3) is 0 Å². The second-order valence-electron chi connectivity index (χ2n) is 6.86. The maximum absolute atomic E-state index is 14.1. The molecule has 0 atom stereocenters. The number of anilines is 1. The van der Waals surface area contributed by atoms with E-state index >= 15 is 0 Å². The lowest BCUT2D eigenvalue weighted by Gasteiger charge is -2.33. The second-order valence-corrected chi connectivity index (χ2v) is 6.86. The smallest absolute Gasteiger partial charge is 0.309 e. The number of esters is 1. The molecule has 2 rings (SSSR count). The first-order chi connectivity index (χ1) is 13.0. The van der Waals surface area contributed by atoms with E-state index in [1.165, 1.54) is 6.07 Å². The Labute approximate surface area is 161 Å². The maximum atomic E-state index is 14.1. The summed E-state index contributed by atoms with van der Waals surface area (Å²) in [6.45, 7) is 6.94. The van der Waals surface area contributed by atoms with E-state index in [-0.39, 0.29) is 17.7 Å². The van der Waals surface area contributed by atoms with Crippen LogP contribution in [-0.4, -0.2) is 57.2 Å². The number of likely N-dealkylation sites (tertiary alicyclic amines) is 1. The third-order valence-corrected chi connectivity index (χ3v) is 4.65. The lowest BCUT2D eigenvalue weighted by molar-refractivity contribution is -0.149. The largest absolute Gasteiger partial charge is 0.466 e. The molecule has 0 amide bonds. The third kappa shape index (κ3) is 5.84. The Morgan fingerprint density at radius 2 is 2.04 bits per heavy atom. The highest BCUT2D eigenvalue weighted by atomic mass is 19.1. The normalized spacial score (nSPS) is 15.6. The molecule has 1 N–H and O–H groups in total. The quantitative estimate of drug-likeness (QED) is 0.469. The Morgan fingerprint density at radius 1 is 1.33 bits per heavy atom. The fourth-order valence-electron chi connectivity index (χ4n) is 3.19. The molecule has 150 valence electrons. The summed E-state index contributed by atoms with van der Waals surface area (Å²) < 4.78 is 19.3. The van der Waals surface area contributed by atoms with E-state index in [4.69, 9.17) is 4.74 Å². The van der Waals surface area contributed by atoms with E-state index in [9.17, 15) is 9.18 Å². The first-order valence-corrected chi connectivity index (χ1v) is 9.61. The second kappa shape index (κ2) is 10.1. The molecular formula is C20H31FN4O2. The molecule has 1 aliphatic heterocycles. The van der Waals surface area contributed by atoms with Gasteiger partial charge in [-0.25, -0.2) is 9.38 Å². The van der Waals surface area contributed by atoms with E-state index in [1.807, 2.05) is 34.0 Å². The van der Waals surface area contributed by atoms with Gasteiger partial charge in [0.15, 0.2) is 5.96 Å². The molecule has 1 aliphatic rings. The Hall–Kier alpha value is -2.31. The highest BCUT2D eigenvalue weighted by molar-refractivity contribution is 5.80. The van der Waals surface area contributed by atoms with Crippen molar-refractivity contribution in [1.82, 2.24) is 10.2 Å². The minimum atomic E-state index is -0.243. The van der Waals surface area contributed by atoms with E-state index in [0.29, 0.717) is 18.8 Å². The van der Waals surface area contributed by atoms with Gasteiger partial charge in [0.1, 0.15) is 5.82 Å². The number of ether oxygens (including phenoxy) is 1. The molecule has 1 fully saturated rings. The first kappa shape index (κ1) is 21.0. The molecule has 0 bridgehead atoms. The van der Waals surface area contributed by atoms with Gasteiger partial charge in [-0.1, -0.05) is 6.07 Å². The SMILES string of the molecule is CCNC(=NCc1ccc(N(C)C)c(F)c1)N1CCC(C(=O)OCC)CC1. The summed E-state index contributed by atoms with van der Waals surface area (Å²) in [5.74, 6) is 0.428. The van der Waals surface area contributed by atoms with Gasteiger partial charge in [0.25, 0.3) is 0 Å². The van der Waals surface area contributed by atoms with Gasteiger partial charge in [0, 0.05) is 33.7 Å². The lowest BCUT2D eigenvalue weighted by atomic mass is 9.97. The molecule has 0 aliphatic carbocycles. The zero-order valence-corrected chi connectivity index (χ0v) is 16.8. The number of carbonyl (C=O) groups excluding carboxylic acids is 1. The van der Waals surface area contributed by atoms with Crippen molar-refractivity contribution in [3.05, 3.63) is 29.6 Å². The number of rotatable bonds is 6. The van der Waals surface area contributed by atoms with Gasteiger partial charge in [0.2, 0.25) is 0 Å². The molecule has 27 heavy (non-hydrogen) atoms. The van der Waals surface area contributed by atoms with E-state index < -0.39 is 0 Å². The van der Waals surface area contributed by atoms with Crippen LogP contribution in [0, 0.1) is 11.7 Å². The van der Waals surface area contributed by atoms with Gasteiger partial charge in [-0.2, -0.15) is 0 Å². The van der Waals surface area contributed by atoms with Crippen molar-refractivity contribution in [1.29, 1.82) is 0 Å². The number of guanidine groups is 1. The van der Waals surface area contributed by atoms with Crippen molar-refractivity contribution < 1.29 is 13.9 Å². The number of nitrogens with zero attached hydrogens (tertiary/aromatic N) is 3. The predicted molar refractivity (Wildman–Crippen MR) is 106 cm³/mol. The van der Waals surface area contributed by atoms with Crippen LogP contribution in [0.5, 0.6) is 0 Å². The molecule has 1 aromatic rings. The number of halogens is 1. The minimum Gasteiger partial charge on any atom is -0.466 e. The molecule has 0 radical (unpaired) electrons. The van der Waals surface area contributed by atoms with Crippen LogP contribution < -0.4 is 10.2 Å². The summed E-state index contributed by atoms with van der Waals surface area (Å²) in [5, 5.41) is 3.29. The number of carbonyl (C=O) groups is 1. The number of hydrogen-bond donors (Lipinski definition) is 1. The number of piperidine rings is 1. The fourth-order valence-corrected chi connectivity index (χ4v) is 3.19. The minimum absolute atomic E-state index is 0.0308. The summed E-state index contributed by atoms with van der Waals surface area (Å²) in [5.41, 5.74) is 1.39. The van der Waals surface area contributed by atoms with Gasteiger partial charge in [0.05, 0.1) is 24.8 Å². The van der Waals surface area contributed by atoms with Crippen LogP contribution in [0.2, 0.25) is 0 Å². The molecule has 1 saturated heterocycles. The van der Waals surface area contributed by atoms with Crippen molar-refractivity contribution in [2.24, 2.45) is 10.9 Å². The highest BCUT2D eigenvalue weighted by Crippen LogP contribution is 2.20. The molecular weight excluding hydrogens is 347 g/mol. The Kier molecular flexibility index (Phi) is 7.88. The summed E-state index contributed by atoms with van der Waals surface area (Å²) >= 11 is 0. The van der Waals surface area contributed by atoms with E-state index in [0.717, 1.165) is 44.0 Å². The average molecular weight is 378 g/mol. The number of aliphatic imine (C=N–C) groups is 1. The zero-order chi connectivity index (χ0) is 19.8. The number of benzene rings is 1. The molecule has 0 unspecified atom stereocenters. The maximum Gasteiger partial charge on any atom is 0.309 e. The Bertz CT molecular complexity index is 655. The van der Waals surface area contributed by atoms with Gasteiger partial charge < -0.3 is 19.9 Å². The van der Waals surface area contributed by atoms with Crippen molar-refractivity contribution in [2.45, 2.75) is 33.2 Å². The van der Waals surface area contributed by atoms with E-state index in [2.05, 4.69) is 15.2 Å². The van der Waals surface area contributed by atoms with Crippen LogP contribution in [0.15, 0.2) is 23.2 Å². The zero-order valence-electron chi connectivity index (χ0n) is 16.8. The molecule has 0 saturated carbocycles. The Morgan fingerprint density at radius 3 is 2.59 bits per heavy atom. The summed E-state index contributed by atoms with van der Waals surface area (Å²) in [7, 11) is 3.64. The molecule has 1 aromatic carbocycles. The summed E-state index contributed by atoms with van der Waals surface area (Å²) in [6.07, 6.45) is 1.52. The molecule has 1 heterocycles. The van der Waals surface area contributed by atoms with Crippen molar-refractivity contribution in [2.75, 3.05) is 45.2 Å². The summed E-state index contributed by atoms with van der Waals surface area (Å²) in [4.78, 5) is 20.5. The van der Waals surface area contributed by atoms with Crippen molar-refractivity contribution >= 4 is 17.6 Å². The molecule has 7 heteroatoms.